The van der Waals surface area contributed by atoms with Gasteiger partial charge < -0.3 is 14.6 Å². The van der Waals surface area contributed by atoms with E-state index in [4.69, 9.17) is 16.3 Å². The number of aromatic nitrogens is 1. The summed E-state index contributed by atoms with van der Waals surface area (Å²) in [7, 11) is 0. The van der Waals surface area contributed by atoms with Crippen LogP contribution in [0.2, 0.25) is 5.02 Å². The van der Waals surface area contributed by atoms with E-state index in [-0.39, 0.29) is 0 Å². The zero-order valence-corrected chi connectivity index (χ0v) is 13.5. The van der Waals surface area contributed by atoms with Crippen LogP contribution in [0.15, 0.2) is 36.7 Å². The van der Waals surface area contributed by atoms with E-state index >= 15 is 0 Å². The Kier molecular flexibility index (Phi) is 6.00. The Hall–Kier alpha value is -1.61. The first kappa shape index (κ1) is 15.8. The van der Waals surface area contributed by atoms with Crippen LogP contribution in [0.25, 0.3) is 0 Å². The predicted molar refractivity (Wildman–Crippen MR) is 89.3 cm³/mol. The molecule has 0 fully saturated rings. The van der Waals surface area contributed by atoms with Crippen LogP contribution in [0.3, 0.4) is 0 Å². The fraction of sp³-hybridized carbons (Fsp3) is 0.412. The summed E-state index contributed by atoms with van der Waals surface area (Å²) < 4.78 is 7.96. The molecule has 0 saturated carbocycles. The zero-order valence-electron chi connectivity index (χ0n) is 12.7. The Morgan fingerprint density at radius 2 is 2.05 bits per heavy atom. The van der Waals surface area contributed by atoms with Gasteiger partial charge in [0.25, 0.3) is 0 Å². The average molecular weight is 307 g/mol. The van der Waals surface area contributed by atoms with Crippen molar-refractivity contribution in [1.29, 1.82) is 0 Å². The zero-order chi connectivity index (χ0) is 15.1. The molecule has 0 spiro atoms. The molecule has 0 aliphatic carbocycles. The molecule has 4 heteroatoms. The lowest BCUT2D eigenvalue weighted by Crippen LogP contribution is -2.03. The normalized spacial score (nSPS) is 10.6. The van der Waals surface area contributed by atoms with Gasteiger partial charge in [-0.15, -0.1) is 0 Å². The minimum atomic E-state index is 0.711. The fourth-order valence-corrected chi connectivity index (χ4v) is 2.34. The first-order valence-corrected chi connectivity index (χ1v) is 7.91. The Balaban J connectivity index is 2.01. The molecule has 1 N–H and O–H groups in total. The van der Waals surface area contributed by atoms with Gasteiger partial charge in [-0.25, -0.2) is 0 Å². The molecule has 0 atom stereocenters. The molecule has 1 heterocycles. The molecular formula is C17H23ClN2O. The van der Waals surface area contributed by atoms with Crippen molar-refractivity contribution < 1.29 is 4.74 Å². The molecule has 3 nitrogen and oxygen atoms in total. The van der Waals surface area contributed by atoms with Crippen molar-refractivity contribution >= 4 is 17.3 Å². The Morgan fingerprint density at radius 3 is 2.81 bits per heavy atom. The molecule has 0 saturated heterocycles. The Morgan fingerprint density at radius 1 is 1.19 bits per heavy atom. The molecule has 21 heavy (non-hydrogen) atoms. The van der Waals surface area contributed by atoms with E-state index in [2.05, 4.69) is 42.2 Å². The summed E-state index contributed by atoms with van der Waals surface area (Å²) >= 11 is 6.08. The molecule has 114 valence electrons. The predicted octanol–water partition coefficient (Wildman–Crippen LogP) is 4.95. The summed E-state index contributed by atoms with van der Waals surface area (Å²) in [6.07, 6.45) is 6.42. The number of anilines is 1. The molecule has 0 unspecified atom stereocenters. The first-order valence-electron chi connectivity index (χ1n) is 7.53. The van der Waals surface area contributed by atoms with Crippen LogP contribution in [-0.4, -0.2) is 11.2 Å². The van der Waals surface area contributed by atoms with Gasteiger partial charge in [-0.05, 0) is 42.7 Å². The highest BCUT2D eigenvalue weighted by molar-refractivity contribution is 6.30. The number of rotatable bonds is 8. The smallest absolute Gasteiger partial charge is 0.142 e. The topological polar surface area (TPSA) is 26.2 Å². The molecule has 0 amide bonds. The number of benzene rings is 1. The number of nitrogens with one attached hydrogen (secondary N) is 1. The van der Waals surface area contributed by atoms with Crippen molar-refractivity contribution in [2.45, 2.75) is 39.8 Å². The van der Waals surface area contributed by atoms with Gasteiger partial charge in [-0.3, -0.25) is 0 Å². The second-order valence-electron chi connectivity index (χ2n) is 5.10. The minimum Gasteiger partial charge on any atom is -0.491 e. The summed E-state index contributed by atoms with van der Waals surface area (Å²) in [5.74, 6) is 0.856. The number of ether oxygens (including phenoxy) is 1. The monoisotopic (exact) mass is 306 g/mol. The molecule has 0 radical (unpaired) electrons. The van der Waals surface area contributed by atoms with Gasteiger partial charge in [0.05, 0.1) is 12.3 Å². The standard InChI is InChI=1S/C17H23ClN2O/c1-3-8-20-9-7-14(13-20)12-19-16-11-15(18)5-6-17(16)21-10-4-2/h5-7,9,11,13,19H,3-4,8,10,12H2,1-2H3. The second kappa shape index (κ2) is 7.99. The van der Waals surface area contributed by atoms with Gasteiger partial charge in [-0.1, -0.05) is 25.4 Å². The van der Waals surface area contributed by atoms with E-state index in [0.717, 1.165) is 37.4 Å². The third-order valence-electron chi connectivity index (χ3n) is 3.18. The summed E-state index contributed by atoms with van der Waals surface area (Å²) in [5.41, 5.74) is 2.20. The van der Waals surface area contributed by atoms with Crippen LogP contribution in [0.1, 0.15) is 32.3 Å². The third-order valence-corrected chi connectivity index (χ3v) is 3.41. The number of halogens is 1. The van der Waals surface area contributed by atoms with Crippen molar-refractivity contribution in [3.63, 3.8) is 0 Å². The highest BCUT2D eigenvalue weighted by Gasteiger charge is 2.05. The molecule has 0 bridgehead atoms. The number of hydrogen-bond donors (Lipinski definition) is 1. The Labute approximate surface area is 131 Å². The van der Waals surface area contributed by atoms with Crippen molar-refractivity contribution in [2.24, 2.45) is 0 Å². The van der Waals surface area contributed by atoms with Gasteiger partial charge in [-0.2, -0.15) is 0 Å². The largest absolute Gasteiger partial charge is 0.491 e. The average Bonchev–Trinajstić information content (AvgIpc) is 2.92. The van der Waals surface area contributed by atoms with Gasteiger partial charge in [0.15, 0.2) is 0 Å². The second-order valence-corrected chi connectivity index (χ2v) is 5.54. The third kappa shape index (κ3) is 4.71. The van der Waals surface area contributed by atoms with E-state index in [1.807, 2.05) is 18.2 Å². The van der Waals surface area contributed by atoms with Gasteiger partial charge in [0.1, 0.15) is 5.75 Å². The summed E-state index contributed by atoms with van der Waals surface area (Å²) in [6, 6.07) is 7.83. The molecule has 1 aromatic carbocycles. The highest BCUT2D eigenvalue weighted by Crippen LogP contribution is 2.28. The van der Waals surface area contributed by atoms with Crippen LogP contribution < -0.4 is 10.1 Å². The maximum absolute atomic E-state index is 6.08. The maximum atomic E-state index is 6.08. The van der Waals surface area contributed by atoms with Crippen molar-refractivity contribution in [2.75, 3.05) is 11.9 Å². The molecular weight excluding hydrogens is 284 g/mol. The van der Waals surface area contributed by atoms with E-state index in [0.29, 0.717) is 11.6 Å². The van der Waals surface area contributed by atoms with Crippen molar-refractivity contribution in [3.8, 4) is 5.75 Å². The van der Waals surface area contributed by atoms with E-state index in [1.54, 1.807) is 0 Å². The molecule has 0 aliphatic heterocycles. The van der Waals surface area contributed by atoms with Crippen LogP contribution in [0, 0.1) is 0 Å². The van der Waals surface area contributed by atoms with Crippen molar-refractivity contribution in [1.82, 2.24) is 4.57 Å². The number of hydrogen-bond acceptors (Lipinski definition) is 2. The van der Waals surface area contributed by atoms with Crippen LogP contribution in [0.5, 0.6) is 5.75 Å². The van der Waals surface area contributed by atoms with Crippen LogP contribution in [0.4, 0.5) is 5.69 Å². The lowest BCUT2D eigenvalue weighted by molar-refractivity contribution is 0.319. The lowest BCUT2D eigenvalue weighted by Gasteiger charge is -2.13. The number of nitrogens with zero attached hydrogens (tertiary/aromatic N) is 1. The van der Waals surface area contributed by atoms with E-state index in [1.165, 1.54) is 5.56 Å². The Bertz CT molecular complexity index is 566. The van der Waals surface area contributed by atoms with Gasteiger partial charge >= 0.3 is 0 Å². The van der Waals surface area contributed by atoms with E-state index < -0.39 is 0 Å². The minimum absolute atomic E-state index is 0.711. The molecule has 1 aromatic heterocycles. The quantitative estimate of drug-likeness (QED) is 0.746. The maximum Gasteiger partial charge on any atom is 0.142 e. The number of aryl methyl sites for hydroxylation is 1. The van der Waals surface area contributed by atoms with E-state index in [9.17, 15) is 0 Å². The molecule has 2 aromatic rings. The lowest BCUT2D eigenvalue weighted by atomic mass is 10.2. The molecule has 0 aliphatic rings. The van der Waals surface area contributed by atoms with Crippen LogP contribution in [-0.2, 0) is 13.1 Å². The SMILES string of the molecule is CCCOc1ccc(Cl)cc1NCc1ccn(CCC)c1. The summed E-state index contributed by atoms with van der Waals surface area (Å²) in [4.78, 5) is 0. The van der Waals surface area contributed by atoms with Gasteiger partial charge in [0, 0.05) is 30.5 Å². The van der Waals surface area contributed by atoms with Crippen molar-refractivity contribution in [3.05, 3.63) is 47.2 Å². The summed E-state index contributed by atoms with van der Waals surface area (Å²) in [5, 5.41) is 4.12. The van der Waals surface area contributed by atoms with Gasteiger partial charge in [0.2, 0.25) is 0 Å². The van der Waals surface area contributed by atoms with Crippen LogP contribution >= 0.6 is 11.6 Å². The summed E-state index contributed by atoms with van der Waals surface area (Å²) in [6.45, 7) is 6.81. The molecule has 2 rings (SSSR count). The first-order chi connectivity index (χ1) is 10.2. The fourth-order valence-electron chi connectivity index (χ4n) is 2.17. The highest BCUT2D eigenvalue weighted by atomic mass is 35.5.